The van der Waals surface area contributed by atoms with Crippen LogP contribution in [0.2, 0.25) is 5.02 Å². The molecule has 0 saturated carbocycles. The summed E-state index contributed by atoms with van der Waals surface area (Å²) in [5, 5.41) is 17.2. The summed E-state index contributed by atoms with van der Waals surface area (Å²) in [4.78, 5) is 37.4. The zero-order valence-electron chi connectivity index (χ0n) is 19.2. The number of primary sulfonamides is 1. The zero-order valence-corrected chi connectivity index (χ0v) is 20.7. The molecule has 0 aliphatic carbocycles. The third kappa shape index (κ3) is 6.34. The van der Waals surface area contributed by atoms with Crippen LogP contribution in [0.5, 0.6) is 5.75 Å². The van der Waals surface area contributed by atoms with Crippen molar-refractivity contribution in [3.05, 3.63) is 87.4 Å². The van der Waals surface area contributed by atoms with E-state index in [2.05, 4.69) is 5.32 Å². The number of hydrogen-bond acceptors (Lipinski definition) is 7. The molecule has 0 atom stereocenters. The summed E-state index contributed by atoms with van der Waals surface area (Å²) < 4.78 is 28.5. The van der Waals surface area contributed by atoms with E-state index >= 15 is 0 Å². The van der Waals surface area contributed by atoms with E-state index in [1.165, 1.54) is 61.5 Å². The van der Waals surface area contributed by atoms with Crippen LogP contribution in [0, 0.1) is 18.3 Å². The van der Waals surface area contributed by atoms with E-state index in [0.717, 1.165) is 0 Å². The number of rotatable bonds is 8. The Morgan fingerprint density at radius 3 is 2.36 bits per heavy atom. The van der Waals surface area contributed by atoms with Crippen molar-refractivity contribution in [3.8, 4) is 11.8 Å². The van der Waals surface area contributed by atoms with Crippen molar-refractivity contribution in [3.63, 3.8) is 0 Å². The van der Waals surface area contributed by atoms with Gasteiger partial charge in [-0.1, -0.05) is 11.6 Å². The summed E-state index contributed by atoms with van der Waals surface area (Å²) in [7, 11) is -3.88. The van der Waals surface area contributed by atoms with Crippen molar-refractivity contribution in [2.24, 2.45) is 5.14 Å². The second kappa shape index (κ2) is 10.7. The third-order valence-electron chi connectivity index (χ3n) is 5.08. The van der Waals surface area contributed by atoms with Gasteiger partial charge in [-0.3, -0.25) is 14.4 Å². The van der Waals surface area contributed by atoms with Gasteiger partial charge in [0, 0.05) is 21.8 Å². The molecular weight excluding hydrogens is 506 g/mol. The number of carbonyl (C=O) groups excluding carboxylic acids is 3. The second-order valence-electron chi connectivity index (χ2n) is 7.80. The number of ketones is 2. The molecule has 1 amide bonds. The number of nitrogens with zero attached hydrogens (tertiary/aromatic N) is 1. The van der Waals surface area contributed by atoms with Crippen LogP contribution in [-0.4, -0.2) is 32.5 Å². The number of benzene rings is 3. The molecule has 0 spiro atoms. The summed E-state index contributed by atoms with van der Waals surface area (Å²) in [5.41, 5.74) is 1.28. The number of anilines is 1. The van der Waals surface area contributed by atoms with Crippen LogP contribution in [0.15, 0.2) is 59.5 Å². The number of amides is 1. The number of hydrogen-bond donors (Lipinski definition) is 2. The summed E-state index contributed by atoms with van der Waals surface area (Å²) in [6.07, 6.45) is 0. The molecule has 0 heterocycles. The molecule has 3 aromatic carbocycles. The number of aryl methyl sites for hydroxylation is 1. The first-order valence-corrected chi connectivity index (χ1v) is 12.3. The van der Waals surface area contributed by atoms with Crippen LogP contribution in [0.4, 0.5) is 5.69 Å². The number of nitriles is 1. The SMILES string of the molecule is CC(=O)c1cc(C#N)cc(C(=O)c2cc(Cl)ccc2OCC(=O)Nc2ccc(S(N)(=O)=O)cc2C)c1. The Balaban J connectivity index is 1.82. The average Bonchev–Trinajstić information content (AvgIpc) is 2.82. The largest absolute Gasteiger partial charge is 0.483 e. The summed E-state index contributed by atoms with van der Waals surface area (Å²) in [5.74, 6) is -1.37. The Kier molecular flexibility index (Phi) is 7.90. The third-order valence-corrected chi connectivity index (χ3v) is 6.22. The number of nitrogens with one attached hydrogen (secondary N) is 1. The van der Waals surface area contributed by atoms with Crippen molar-refractivity contribution in [2.45, 2.75) is 18.7 Å². The van der Waals surface area contributed by atoms with Gasteiger partial charge in [-0.05, 0) is 74.0 Å². The lowest BCUT2D eigenvalue weighted by Crippen LogP contribution is -2.21. The van der Waals surface area contributed by atoms with Crippen LogP contribution in [0.3, 0.4) is 0 Å². The number of halogens is 1. The highest BCUT2D eigenvalue weighted by atomic mass is 35.5. The van der Waals surface area contributed by atoms with E-state index in [1.54, 1.807) is 6.92 Å². The molecule has 0 aliphatic heterocycles. The van der Waals surface area contributed by atoms with E-state index in [4.69, 9.17) is 21.5 Å². The Morgan fingerprint density at radius 1 is 1.06 bits per heavy atom. The maximum Gasteiger partial charge on any atom is 0.262 e. The number of nitrogens with two attached hydrogens (primary N) is 1. The average molecular weight is 526 g/mol. The second-order valence-corrected chi connectivity index (χ2v) is 9.79. The molecule has 36 heavy (non-hydrogen) atoms. The molecule has 11 heteroatoms. The van der Waals surface area contributed by atoms with Gasteiger partial charge in [0.05, 0.1) is 22.1 Å². The van der Waals surface area contributed by atoms with E-state index in [1.807, 2.05) is 6.07 Å². The molecule has 0 saturated heterocycles. The molecular formula is C25H20ClN3O6S. The summed E-state index contributed by atoms with van der Waals surface area (Å²) in [6.45, 7) is 2.45. The highest BCUT2D eigenvalue weighted by Crippen LogP contribution is 2.27. The molecule has 0 aromatic heterocycles. The monoisotopic (exact) mass is 525 g/mol. The molecule has 3 N–H and O–H groups in total. The van der Waals surface area contributed by atoms with Gasteiger partial charge in [0.15, 0.2) is 18.2 Å². The van der Waals surface area contributed by atoms with Crippen molar-refractivity contribution in [1.82, 2.24) is 0 Å². The summed E-state index contributed by atoms with van der Waals surface area (Å²) in [6, 6.07) is 14.3. The molecule has 0 bridgehead atoms. The van der Waals surface area contributed by atoms with Gasteiger partial charge < -0.3 is 10.1 Å². The maximum atomic E-state index is 13.2. The Hall–Kier alpha value is -4.04. The Bertz CT molecular complexity index is 1540. The molecule has 0 aliphatic rings. The number of sulfonamides is 1. The van der Waals surface area contributed by atoms with Crippen LogP contribution in [-0.2, 0) is 14.8 Å². The first-order valence-electron chi connectivity index (χ1n) is 10.4. The first-order chi connectivity index (χ1) is 16.9. The van der Waals surface area contributed by atoms with Crippen molar-refractivity contribution < 1.29 is 27.5 Å². The molecule has 184 valence electrons. The Labute approximate surface area is 212 Å². The highest BCUT2D eigenvalue weighted by Gasteiger charge is 2.19. The van der Waals surface area contributed by atoms with Gasteiger partial charge in [-0.25, -0.2) is 13.6 Å². The maximum absolute atomic E-state index is 13.2. The topological polar surface area (TPSA) is 156 Å². The molecule has 9 nitrogen and oxygen atoms in total. The van der Waals surface area contributed by atoms with Crippen molar-refractivity contribution >= 4 is 44.8 Å². The van der Waals surface area contributed by atoms with Gasteiger partial charge in [0.25, 0.3) is 5.91 Å². The molecule has 3 aromatic rings. The van der Waals surface area contributed by atoms with Gasteiger partial charge in [0.1, 0.15) is 5.75 Å². The van der Waals surface area contributed by atoms with E-state index in [-0.39, 0.29) is 43.7 Å². The molecule has 0 fully saturated rings. The normalized spacial score (nSPS) is 10.9. The van der Waals surface area contributed by atoms with E-state index in [0.29, 0.717) is 11.3 Å². The fourth-order valence-corrected chi connectivity index (χ4v) is 4.04. The van der Waals surface area contributed by atoms with Crippen LogP contribution < -0.4 is 15.2 Å². The molecule has 0 unspecified atom stereocenters. The van der Waals surface area contributed by atoms with Gasteiger partial charge in [-0.2, -0.15) is 5.26 Å². The van der Waals surface area contributed by atoms with Crippen LogP contribution in [0.1, 0.15) is 44.3 Å². The highest BCUT2D eigenvalue weighted by molar-refractivity contribution is 7.89. The van der Waals surface area contributed by atoms with E-state index in [9.17, 15) is 28.1 Å². The van der Waals surface area contributed by atoms with Crippen molar-refractivity contribution in [2.75, 3.05) is 11.9 Å². The van der Waals surface area contributed by atoms with Crippen LogP contribution in [0.25, 0.3) is 0 Å². The fourth-order valence-electron chi connectivity index (χ4n) is 3.27. The van der Waals surface area contributed by atoms with Gasteiger partial charge in [-0.15, -0.1) is 0 Å². The minimum absolute atomic E-state index is 0.0357. The fraction of sp³-hybridized carbons (Fsp3) is 0.120. The molecule has 0 radical (unpaired) electrons. The predicted molar refractivity (Wildman–Crippen MR) is 133 cm³/mol. The minimum Gasteiger partial charge on any atom is -0.483 e. The van der Waals surface area contributed by atoms with Crippen LogP contribution >= 0.6 is 11.6 Å². The zero-order chi connectivity index (χ0) is 26.6. The first kappa shape index (κ1) is 26.6. The summed E-state index contributed by atoms with van der Waals surface area (Å²) >= 11 is 6.08. The van der Waals surface area contributed by atoms with Gasteiger partial charge in [0.2, 0.25) is 10.0 Å². The lowest BCUT2D eigenvalue weighted by Gasteiger charge is -2.13. The molecule has 3 rings (SSSR count). The van der Waals surface area contributed by atoms with Crippen molar-refractivity contribution in [1.29, 1.82) is 5.26 Å². The minimum atomic E-state index is -3.88. The smallest absolute Gasteiger partial charge is 0.262 e. The number of Topliss-reactive ketones (excluding diaryl/α,β-unsaturated/α-hetero) is 1. The standard InChI is InChI=1S/C25H20ClN3O6S/c1-14-7-20(36(28,33)34)4-5-22(14)29-24(31)13-35-23-6-3-19(26)11-21(23)25(32)18-9-16(12-27)8-17(10-18)15(2)30/h3-11H,13H2,1-2H3,(H,29,31)(H2,28,33,34). The van der Waals surface area contributed by atoms with Gasteiger partial charge >= 0.3 is 0 Å². The lowest BCUT2D eigenvalue weighted by atomic mass is 9.97. The Morgan fingerprint density at radius 2 is 1.75 bits per heavy atom. The van der Waals surface area contributed by atoms with E-state index < -0.39 is 28.3 Å². The predicted octanol–water partition coefficient (Wildman–Crippen LogP) is 3.62. The number of carbonyl (C=O) groups is 3. The number of ether oxygens (including phenoxy) is 1. The lowest BCUT2D eigenvalue weighted by molar-refractivity contribution is -0.118. The quantitative estimate of drug-likeness (QED) is 0.425.